The van der Waals surface area contributed by atoms with Crippen LogP contribution in [0.5, 0.6) is 0 Å². The van der Waals surface area contributed by atoms with E-state index in [1.54, 1.807) is 0 Å². The fourth-order valence-electron chi connectivity index (χ4n) is 10.6. The molecule has 308 valence electrons. The van der Waals surface area contributed by atoms with Gasteiger partial charge in [-0.1, -0.05) is 208 Å². The minimum atomic E-state index is -0.278. The molecule has 1 aromatic heterocycles. The molecule has 0 atom stereocenters. The highest BCUT2D eigenvalue weighted by Crippen LogP contribution is 2.53. The van der Waals surface area contributed by atoms with E-state index in [9.17, 15) is 0 Å². The summed E-state index contributed by atoms with van der Waals surface area (Å²) in [6.45, 7) is 4.80. The molecule has 11 aromatic rings. The maximum Gasteiger partial charge on any atom is 0.0541 e. The monoisotopic (exact) mass is 830 g/mol. The number of hydrogen-bond donors (Lipinski definition) is 0. The van der Waals surface area contributed by atoms with E-state index in [-0.39, 0.29) is 5.41 Å². The van der Waals surface area contributed by atoms with Crippen LogP contribution in [0.4, 0.5) is 17.1 Å². The number of fused-ring (bicyclic) bond motifs is 6. The lowest BCUT2D eigenvalue weighted by atomic mass is 9.82. The lowest BCUT2D eigenvalue weighted by molar-refractivity contribution is 0.660. The molecule has 0 radical (unpaired) electrons. The van der Waals surface area contributed by atoms with Crippen LogP contribution < -0.4 is 4.90 Å². The fourth-order valence-corrected chi connectivity index (χ4v) is 10.6. The van der Waals surface area contributed by atoms with Gasteiger partial charge < -0.3 is 9.47 Å². The highest BCUT2D eigenvalue weighted by atomic mass is 15.1. The zero-order chi connectivity index (χ0) is 43.5. The van der Waals surface area contributed by atoms with Crippen LogP contribution in [0.2, 0.25) is 0 Å². The van der Waals surface area contributed by atoms with Crippen LogP contribution in [-0.2, 0) is 5.41 Å². The third kappa shape index (κ3) is 6.32. The van der Waals surface area contributed by atoms with Crippen LogP contribution in [0.1, 0.15) is 25.0 Å². The highest BCUT2D eigenvalue weighted by molar-refractivity contribution is 6.09. The summed E-state index contributed by atoms with van der Waals surface area (Å²) in [7, 11) is 0. The predicted molar refractivity (Wildman–Crippen MR) is 275 cm³/mol. The first-order chi connectivity index (χ1) is 32.0. The smallest absolute Gasteiger partial charge is 0.0541 e. The molecule has 0 saturated carbocycles. The molecule has 0 aliphatic heterocycles. The van der Waals surface area contributed by atoms with E-state index >= 15 is 0 Å². The SMILES string of the molecule is CC1(C)c2cc(N(c3ccccc3-c3ccccc3-c3ccccc3)c3ccccc3-c3ccccc3-c3ccccc3)ccc2-c2ccc(-n3c4ccccc4c4ccccc43)cc21. The van der Waals surface area contributed by atoms with Gasteiger partial charge in [-0.05, 0) is 104 Å². The molecule has 0 bridgehead atoms. The molecule has 0 amide bonds. The number of nitrogens with zero attached hydrogens (tertiary/aromatic N) is 2. The Morgan fingerprint density at radius 3 is 1.25 bits per heavy atom. The lowest BCUT2D eigenvalue weighted by Gasteiger charge is -2.32. The average Bonchev–Trinajstić information content (AvgIpc) is 3.82. The fraction of sp³-hybridized carbons (Fsp3) is 0.0476. The molecule has 12 rings (SSSR count). The van der Waals surface area contributed by atoms with Crippen molar-refractivity contribution >= 4 is 38.9 Å². The lowest BCUT2D eigenvalue weighted by Crippen LogP contribution is -2.17. The Hall–Kier alpha value is -8.20. The van der Waals surface area contributed by atoms with Crippen LogP contribution in [0, 0.1) is 0 Å². The molecular weight excluding hydrogens is 785 g/mol. The van der Waals surface area contributed by atoms with E-state index in [0.29, 0.717) is 0 Å². The van der Waals surface area contributed by atoms with Crippen LogP contribution in [0.3, 0.4) is 0 Å². The number of hydrogen-bond acceptors (Lipinski definition) is 1. The summed E-state index contributed by atoms with van der Waals surface area (Å²) in [5.74, 6) is 0. The van der Waals surface area contributed by atoms with Crippen LogP contribution in [-0.4, -0.2) is 4.57 Å². The van der Waals surface area contributed by atoms with Crippen molar-refractivity contribution in [1.29, 1.82) is 0 Å². The Morgan fingerprint density at radius 2 is 0.723 bits per heavy atom. The van der Waals surface area contributed by atoms with Crippen molar-refractivity contribution in [3.05, 3.63) is 254 Å². The maximum atomic E-state index is 2.51. The van der Waals surface area contributed by atoms with Gasteiger partial charge >= 0.3 is 0 Å². The summed E-state index contributed by atoms with van der Waals surface area (Å²) in [6, 6.07) is 88.9. The molecular formula is C63H46N2. The Kier molecular flexibility index (Phi) is 9.21. The summed E-state index contributed by atoms with van der Waals surface area (Å²) >= 11 is 0. The molecule has 0 unspecified atom stereocenters. The number of aromatic nitrogens is 1. The highest BCUT2D eigenvalue weighted by Gasteiger charge is 2.37. The van der Waals surface area contributed by atoms with Gasteiger partial charge in [-0.3, -0.25) is 0 Å². The van der Waals surface area contributed by atoms with Crippen molar-refractivity contribution < 1.29 is 0 Å². The molecule has 0 N–H and O–H groups in total. The van der Waals surface area contributed by atoms with Crippen molar-refractivity contribution in [2.75, 3.05) is 4.90 Å². The van der Waals surface area contributed by atoms with Gasteiger partial charge in [0.15, 0.2) is 0 Å². The summed E-state index contributed by atoms with van der Waals surface area (Å²) < 4.78 is 2.44. The van der Waals surface area contributed by atoms with Crippen molar-refractivity contribution in [1.82, 2.24) is 4.57 Å². The van der Waals surface area contributed by atoms with Gasteiger partial charge in [0.1, 0.15) is 0 Å². The van der Waals surface area contributed by atoms with Crippen LogP contribution >= 0.6 is 0 Å². The van der Waals surface area contributed by atoms with Gasteiger partial charge in [0.2, 0.25) is 0 Å². The molecule has 0 fully saturated rings. The number of benzene rings is 10. The van der Waals surface area contributed by atoms with Crippen molar-refractivity contribution in [2.24, 2.45) is 0 Å². The molecule has 2 nitrogen and oxygen atoms in total. The maximum absolute atomic E-state index is 2.51. The molecule has 0 spiro atoms. The molecule has 10 aromatic carbocycles. The standard InChI is InChI=1S/C63H46N2/c1-63(2)57-41-45(37-39-51(57)52-40-38-46(42-58(52)63)65-61-35-19-15-31-55(61)56-32-16-20-36-62(56)65)64(59-33-17-13-29-53(59)49-27-11-9-25-47(49)43-21-5-3-6-22-43)60-34-18-14-30-54(60)50-28-12-10-26-48(50)44-23-7-4-8-24-44/h3-42H,1-2H3. The third-order valence-corrected chi connectivity index (χ3v) is 13.6. The van der Waals surface area contributed by atoms with Crippen molar-refractivity contribution in [3.8, 4) is 61.3 Å². The number of anilines is 3. The third-order valence-electron chi connectivity index (χ3n) is 13.6. The van der Waals surface area contributed by atoms with Gasteiger partial charge in [-0.25, -0.2) is 0 Å². The van der Waals surface area contributed by atoms with Crippen LogP contribution in [0.25, 0.3) is 83.1 Å². The molecule has 1 aliphatic rings. The molecule has 0 saturated heterocycles. The van der Waals surface area contributed by atoms with E-state index in [1.807, 2.05) is 0 Å². The Morgan fingerprint density at radius 1 is 0.323 bits per heavy atom. The molecule has 65 heavy (non-hydrogen) atoms. The Bertz CT molecular complexity index is 3400. The molecule has 1 heterocycles. The minimum absolute atomic E-state index is 0.278. The normalized spacial score (nSPS) is 12.6. The zero-order valence-electron chi connectivity index (χ0n) is 36.5. The second kappa shape index (κ2) is 15.6. The second-order valence-corrected chi connectivity index (χ2v) is 17.6. The van der Waals surface area contributed by atoms with Crippen LogP contribution in [0.15, 0.2) is 243 Å². The largest absolute Gasteiger partial charge is 0.309 e. The first kappa shape index (κ1) is 38.5. The Labute approximate surface area is 381 Å². The van der Waals surface area contributed by atoms with E-state index in [4.69, 9.17) is 0 Å². The topological polar surface area (TPSA) is 8.17 Å². The molecule has 1 aliphatic carbocycles. The number of rotatable bonds is 8. The van der Waals surface area contributed by atoms with E-state index < -0.39 is 0 Å². The van der Waals surface area contributed by atoms with Gasteiger partial charge in [0.25, 0.3) is 0 Å². The predicted octanol–water partition coefficient (Wildman–Crippen LogP) is 17.2. The summed E-state index contributed by atoms with van der Waals surface area (Å²) in [5.41, 5.74) is 21.4. The molecule has 2 heteroatoms. The Balaban J connectivity index is 1.06. The van der Waals surface area contributed by atoms with Gasteiger partial charge in [0, 0.05) is 38.7 Å². The van der Waals surface area contributed by atoms with E-state index in [2.05, 4.69) is 266 Å². The zero-order valence-corrected chi connectivity index (χ0v) is 36.5. The summed E-state index contributed by atoms with van der Waals surface area (Å²) in [6.07, 6.45) is 0. The van der Waals surface area contributed by atoms with Crippen molar-refractivity contribution in [3.63, 3.8) is 0 Å². The van der Waals surface area contributed by atoms with Gasteiger partial charge in [-0.15, -0.1) is 0 Å². The summed E-state index contributed by atoms with van der Waals surface area (Å²) in [4.78, 5) is 2.51. The van der Waals surface area contributed by atoms with Gasteiger partial charge in [-0.2, -0.15) is 0 Å². The van der Waals surface area contributed by atoms with E-state index in [0.717, 1.165) is 28.2 Å². The van der Waals surface area contributed by atoms with Gasteiger partial charge in [0.05, 0.1) is 22.4 Å². The first-order valence-corrected chi connectivity index (χ1v) is 22.6. The minimum Gasteiger partial charge on any atom is -0.309 e. The second-order valence-electron chi connectivity index (χ2n) is 17.6. The van der Waals surface area contributed by atoms with E-state index in [1.165, 1.54) is 83.1 Å². The number of para-hydroxylation sites is 4. The first-order valence-electron chi connectivity index (χ1n) is 22.6. The van der Waals surface area contributed by atoms with Crippen molar-refractivity contribution in [2.45, 2.75) is 19.3 Å². The average molecular weight is 831 g/mol. The summed E-state index contributed by atoms with van der Waals surface area (Å²) in [5, 5.41) is 2.54. The quantitative estimate of drug-likeness (QED) is 0.148.